The molecule has 2 aromatic carbocycles. The number of likely N-dealkylation sites (tertiary alicyclic amines) is 1. The Balaban J connectivity index is 1.86. The third-order valence-electron chi connectivity index (χ3n) is 4.92. The highest BCUT2D eigenvalue weighted by molar-refractivity contribution is 5.75. The Morgan fingerprint density at radius 2 is 1.78 bits per heavy atom. The number of carboxylic acid groups (broad SMARTS) is 1. The van der Waals surface area contributed by atoms with Gasteiger partial charge in [-0.05, 0) is 49.1 Å². The molecule has 0 radical (unpaired) electrons. The number of benzene rings is 2. The third kappa shape index (κ3) is 3.15. The van der Waals surface area contributed by atoms with Crippen molar-refractivity contribution < 1.29 is 9.90 Å². The van der Waals surface area contributed by atoms with Gasteiger partial charge in [0.25, 0.3) is 0 Å². The van der Waals surface area contributed by atoms with Gasteiger partial charge in [0.1, 0.15) is 0 Å². The van der Waals surface area contributed by atoms with E-state index in [1.807, 2.05) is 6.92 Å². The molecule has 0 amide bonds. The van der Waals surface area contributed by atoms with Crippen LogP contribution in [0.15, 0.2) is 48.5 Å². The fraction of sp³-hybridized carbons (Fsp3) is 0.350. The van der Waals surface area contributed by atoms with Crippen molar-refractivity contribution >= 4 is 5.97 Å². The zero-order chi connectivity index (χ0) is 16.4. The first-order chi connectivity index (χ1) is 11.0. The van der Waals surface area contributed by atoms with Crippen LogP contribution in [-0.4, -0.2) is 29.1 Å². The van der Waals surface area contributed by atoms with Crippen LogP contribution in [0, 0.1) is 12.3 Å². The summed E-state index contributed by atoms with van der Waals surface area (Å²) in [6, 6.07) is 16.8. The van der Waals surface area contributed by atoms with Gasteiger partial charge in [0, 0.05) is 13.1 Å². The molecule has 120 valence electrons. The van der Waals surface area contributed by atoms with E-state index in [-0.39, 0.29) is 0 Å². The monoisotopic (exact) mass is 309 g/mol. The Kier molecular flexibility index (Phi) is 4.22. The quantitative estimate of drug-likeness (QED) is 0.929. The normalized spacial score (nSPS) is 21.5. The van der Waals surface area contributed by atoms with Crippen molar-refractivity contribution in [2.24, 2.45) is 5.41 Å². The van der Waals surface area contributed by atoms with E-state index < -0.39 is 11.4 Å². The van der Waals surface area contributed by atoms with E-state index >= 15 is 0 Å². The molecule has 3 nitrogen and oxygen atoms in total. The molecule has 0 aromatic heterocycles. The minimum Gasteiger partial charge on any atom is -0.481 e. The fourth-order valence-electron chi connectivity index (χ4n) is 3.40. The number of nitrogens with zero attached hydrogens (tertiary/aromatic N) is 1. The van der Waals surface area contributed by atoms with Gasteiger partial charge in [-0.2, -0.15) is 0 Å². The second-order valence-corrected chi connectivity index (χ2v) is 6.80. The fourth-order valence-corrected chi connectivity index (χ4v) is 3.40. The summed E-state index contributed by atoms with van der Waals surface area (Å²) in [7, 11) is 0. The van der Waals surface area contributed by atoms with Crippen molar-refractivity contribution in [2.45, 2.75) is 26.8 Å². The van der Waals surface area contributed by atoms with Gasteiger partial charge in [0.05, 0.1) is 5.41 Å². The SMILES string of the molecule is Cc1ccccc1-c1ccccc1CN1CCC(C)(C(=O)O)C1. The minimum atomic E-state index is -0.688. The number of hydrogen-bond acceptors (Lipinski definition) is 2. The van der Waals surface area contributed by atoms with Crippen molar-refractivity contribution in [1.82, 2.24) is 4.90 Å². The topological polar surface area (TPSA) is 40.5 Å². The summed E-state index contributed by atoms with van der Waals surface area (Å²) >= 11 is 0. The lowest BCUT2D eigenvalue weighted by atomic mass is 9.90. The summed E-state index contributed by atoms with van der Waals surface area (Å²) in [4.78, 5) is 13.7. The Hall–Kier alpha value is -2.13. The number of carboxylic acids is 1. The Bertz CT molecular complexity index is 725. The smallest absolute Gasteiger partial charge is 0.310 e. The molecule has 2 aromatic rings. The maximum atomic E-state index is 11.4. The summed E-state index contributed by atoms with van der Waals surface area (Å²) in [5, 5.41) is 9.40. The molecule has 1 atom stereocenters. The molecule has 0 bridgehead atoms. The van der Waals surface area contributed by atoms with E-state index in [1.54, 1.807) is 0 Å². The number of aryl methyl sites for hydroxylation is 1. The summed E-state index contributed by atoms with van der Waals surface area (Å²) in [6.45, 7) is 6.23. The van der Waals surface area contributed by atoms with Gasteiger partial charge < -0.3 is 5.11 Å². The van der Waals surface area contributed by atoms with Crippen LogP contribution in [0.1, 0.15) is 24.5 Å². The maximum Gasteiger partial charge on any atom is 0.310 e. The molecule has 1 aliphatic rings. The van der Waals surface area contributed by atoms with Crippen molar-refractivity contribution in [3.05, 3.63) is 59.7 Å². The molecule has 1 N–H and O–H groups in total. The summed E-state index contributed by atoms with van der Waals surface area (Å²) in [6.07, 6.45) is 0.717. The minimum absolute atomic E-state index is 0.613. The zero-order valence-electron chi connectivity index (χ0n) is 13.7. The molecule has 1 heterocycles. The first-order valence-corrected chi connectivity index (χ1v) is 8.09. The van der Waals surface area contributed by atoms with E-state index in [4.69, 9.17) is 0 Å². The molecule has 3 heteroatoms. The second-order valence-electron chi connectivity index (χ2n) is 6.80. The molecule has 1 fully saturated rings. The molecular formula is C20H23NO2. The predicted molar refractivity (Wildman–Crippen MR) is 92.3 cm³/mol. The van der Waals surface area contributed by atoms with Crippen LogP contribution < -0.4 is 0 Å². The Morgan fingerprint density at radius 3 is 2.43 bits per heavy atom. The van der Waals surface area contributed by atoms with Crippen LogP contribution in [0.2, 0.25) is 0 Å². The predicted octanol–water partition coefficient (Wildman–Crippen LogP) is 3.96. The molecule has 3 rings (SSSR count). The Morgan fingerprint density at radius 1 is 1.13 bits per heavy atom. The highest BCUT2D eigenvalue weighted by Gasteiger charge is 2.40. The molecular weight excluding hydrogens is 286 g/mol. The lowest BCUT2D eigenvalue weighted by molar-refractivity contribution is -0.147. The van der Waals surface area contributed by atoms with Crippen LogP contribution in [0.4, 0.5) is 0 Å². The number of aliphatic carboxylic acids is 1. The van der Waals surface area contributed by atoms with Crippen LogP contribution in [0.25, 0.3) is 11.1 Å². The molecule has 1 aliphatic heterocycles. The van der Waals surface area contributed by atoms with Crippen LogP contribution in [0.3, 0.4) is 0 Å². The number of hydrogen-bond donors (Lipinski definition) is 1. The summed E-state index contributed by atoms with van der Waals surface area (Å²) in [5.74, 6) is -0.688. The molecule has 0 saturated carbocycles. The second kappa shape index (κ2) is 6.17. The highest BCUT2D eigenvalue weighted by Crippen LogP contribution is 2.33. The third-order valence-corrected chi connectivity index (χ3v) is 4.92. The van der Waals surface area contributed by atoms with E-state index in [0.29, 0.717) is 6.54 Å². The zero-order valence-corrected chi connectivity index (χ0v) is 13.7. The highest BCUT2D eigenvalue weighted by atomic mass is 16.4. The lowest BCUT2D eigenvalue weighted by Crippen LogP contribution is -2.31. The van der Waals surface area contributed by atoms with Gasteiger partial charge >= 0.3 is 5.97 Å². The standard InChI is InChI=1S/C20H23NO2/c1-15-7-3-5-9-17(15)18-10-6-4-8-16(18)13-21-12-11-20(2,14-21)19(22)23/h3-10H,11-14H2,1-2H3,(H,22,23). The van der Waals surface area contributed by atoms with Gasteiger partial charge in [0.15, 0.2) is 0 Å². The molecule has 1 saturated heterocycles. The van der Waals surface area contributed by atoms with Gasteiger partial charge in [0.2, 0.25) is 0 Å². The number of rotatable bonds is 4. The maximum absolute atomic E-state index is 11.4. The van der Waals surface area contributed by atoms with Crippen molar-refractivity contribution in [1.29, 1.82) is 0 Å². The van der Waals surface area contributed by atoms with E-state index in [1.165, 1.54) is 22.3 Å². The molecule has 1 unspecified atom stereocenters. The van der Waals surface area contributed by atoms with E-state index in [2.05, 4.69) is 60.4 Å². The lowest BCUT2D eigenvalue weighted by Gasteiger charge is -2.21. The van der Waals surface area contributed by atoms with Crippen LogP contribution in [-0.2, 0) is 11.3 Å². The van der Waals surface area contributed by atoms with Crippen molar-refractivity contribution in [3.63, 3.8) is 0 Å². The average Bonchev–Trinajstić information content (AvgIpc) is 2.91. The Labute approximate surface area is 137 Å². The molecule has 0 aliphatic carbocycles. The summed E-state index contributed by atoms with van der Waals surface area (Å²) in [5.41, 5.74) is 4.41. The van der Waals surface area contributed by atoms with Gasteiger partial charge in [-0.3, -0.25) is 9.69 Å². The average molecular weight is 309 g/mol. The summed E-state index contributed by atoms with van der Waals surface area (Å²) < 4.78 is 0. The molecule has 0 spiro atoms. The number of carbonyl (C=O) groups is 1. The largest absolute Gasteiger partial charge is 0.481 e. The van der Waals surface area contributed by atoms with Gasteiger partial charge in [-0.25, -0.2) is 0 Å². The van der Waals surface area contributed by atoms with Crippen LogP contribution >= 0.6 is 0 Å². The van der Waals surface area contributed by atoms with Crippen molar-refractivity contribution in [3.8, 4) is 11.1 Å². The first-order valence-electron chi connectivity index (χ1n) is 8.09. The first kappa shape index (κ1) is 15.8. The van der Waals surface area contributed by atoms with E-state index in [9.17, 15) is 9.90 Å². The van der Waals surface area contributed by atoms with Crippen LogP contribution in [0.5, 0.6) is 0 Å². The van der Waals surface area contributed by atoms with Gasteiger partial charge in [-0.1, -0.05) is 48.5 Å². The molecule has 23 heavy (non-hydrogen) atoms. The van der Waals surface area contributed by atoms with E-state index in [0.717, 1.165) is 19.5 Å². The van der Waals surface area contributed by atoms with Crippen molar-refractivity contribution in [2.75, 3.05) is 13.1 Å². The van der Waals surface area contributed by atoms with Gasteiger partial charge in [-0.15, -0.1) is 0 Å².